The summed E-state index contributed by atoms with van der Waals surface area (Å²) in [4.78, 5) is 10.3. The summed E-state index contributed by atoms with van der Waals surface area (Å²) in [5.74, 6) is 2.67. The van der Waals surface area contributed by atoms with Crippen LogP contribution in [0.3, 0.4) is 0 Å². The molecule has 29 heavy (non-hydrogen) atoms. The maximum atomic E-state index is 5.14. The van der Waals surface area contributed by atoms with Crippen LogP contribution in [0, 0.1) is 0 Å². The molecule has 158 valence electrons. The van der Waals surface area contributed by atoms with Gasteiger partial charge in [0, 0.05) is 42.8 Å². The lowest BCUT2D eigenvalue weighted by Crippen LogP contribution is -2.48. The Labute approximate surface area is 193 Å². The Kier molecular flexibility index (Phi) is 7.80. The van der Waals surface area contributed by atoms with Crippen molar-refractivity contribution in [2.75, 3.05) is 20.7 Å². The van der Waals surface area contributed by atoms with Crippen LogP contribution in [0.1, 0.15) is 30.9 Å². The molecule has 0 saturated heterocycles. The molecule has 1 atom stereocenters. The van der Waals surface area contributed by atoms with Gasteiger partial charge in [0.05, 0.1) is 6.54 Å². The Morgan fingerprint density at radius 2 is 2.14 bits per heavy atom. The number of aromatic nitrogens is 3. The molecule has 2 aliphatic rings. The molecule has 9 heteroatoms. The van der Waals surface area contributed by atoms with E-state index in [-0.39, 0.29) is 24.0 Å². The van der Waals surface area contributed by atoms with Gasteiger partial charge < -0.3 is 15.4 Å². The molecule has 1 aliphatic heterocycles. The lowest BCUT2D eigenvalue weighted by Gasteiger charge is -2.26. The Balaban J connectivity index is 0.00000240. The average molecular weight is 528 g/mol. The van der Waals surface area contributed by atoms with Crippen LogP contribution in [-0.4, -0.2) is 52.2 Å². The predicted molar refractivity (Wildman–Crippen MR) is 127 cm³/mol. The number of aryl methyl sites for hydroxylation is 1. The van der Waals surface area contributed by atoms with Crippen LogP contribution in [0.15, 0.2) is 40.2 Å². The predicted octanol–water partition coefficient (Wildman–Crippen LogP) is 2.85. The normalized spacial score (nSPS) is 19.8. The number of rotatable bonds is 7. The standard InChI is InChI=1S/C20H28N6OS.HI/c1-21-19(22-14-20(10-11-20)28-16-6-4-3-5-7-16)23-15-8-9-18-24-17(13-27-2)25-26(18)12-15;/h3-7,15H,8-14H2,1-2H3,(H2,21,22,23);1H. The molecular formula is C20H29IN6OS. The first kappa shape index (κ1) is 22.4. The fourth-order valence-electron chi connectivity index (χ4n) is 3.49. The highest BCUT2D eigenvalue weighted by Gasteiger charge is 2.43. The summed E-state index contributed by atoms with van der Waals surface area (Å²) < 4.78 is 7.43. The second kappa shape index (κ2) is 10.1. The van der Waals surface area contributed by atoms with Gasteiger partial charge in [-0.25, -0.2) is 9.67 Å². The van der Waals surface area contributed by atoms with Crippen molar-refractivity contribution in [1.29, 1.82) is 0 Å². The molecule has 1 fully saturated rings. The summed E-state index contributed by atoms with van der Waals surface area (Å²) >= 11 is 1.97. The number of guanidine groups is 1. The zero-order valence-corrected chi connectivity index (χ0v) is 20.1. The maximum Gasteiger partial charge on any atom is 0.191 e. The molecule has 0 amide bonds. The van der Waals surface area contributed by atoms with Crippen LogP contribution in [0.5, 0.6) is 0 Å². The summed E-state index contributed by atoms with van der Waals surface area (Å²) in [6, 6.07) is 10.9. The van der Waals surface area contributed by atoms with Crippen molar-refractivity contribution in [2.24, 2.45) is 4.99 Å². The Morgan fingerprint density at radius 3 is 2.83 bits per heavy atom. The number of aliphatic imine (C=N–C) groups is 1. The van der Waals surface area contributed by atoms with Gasteiger partial charge in [-0.05, 0) is 31.4 Å². The third-order valence-electron chi connectivity index (χ3n) is 5.20. The molecular weight excluding hydrogens is 499 g/mol. The zero-order chi connectivity index (χ0) is 19.4. The quantitative estimate of drug-likeness (QED) is 0.327. The van der Waals surface area contributed by atoms with E-state index in [0.29, 0.717) is 17.4 Å². The molecule has 0 bridgehead atoms. The molecule has 2 N–H and O–H groups in total. The fraction of sp³-hybridized carbons (Fsp3) is 0.550. The first-order valence-electron chi connectivity index (χ1n) is 9.82. The Bertz CT molecular complexity index is 824. The van der Waals surface area contributed by atoms with Crippen molar-refractivity contribution in [2.45, 2.75) is 54.5 Å². The minimum absolute atomic E-state index is 0. The molecule has 0 radical (unpaired) electrons. The number of nitrogens with one attached hydrogen (secondary N) is 2. The number of ether oxygens (including phenoxy) is 1. The molecule has 1 aromatic heterocycles. The van der Waals surface area contributed by atoms with Gasteiger partial charge in [-0.3, -0.25) is 4.99 Å². The van der Waals surface area contributed by atoms with Crippen LogP contribution in [0.4, 0.5) is 0 Å². The Morgan fingerprint density at radius 1 is 1.34 bits per heavy atom. The van der Waals surface area contributed by atoms with Crippen molar-refractivity contribution in [3.63, 3.8) is 0 Å². The van der Waals surface area contributed by atoms with E-state index >= 15 is 0 Å². The van der Waals surface area contributed by atoms with Crippen molar-refractivity contribution in [3.05, 3.63) is 42.0 Å². The van der Waals surface area contributed by atoms with Crippen LogP contribution < -0.4 is 10.6 Å². The molecule has 2 aromatic rings. The van der Waals surface area contributed by atoms with Crippen molar-refractivity contribution < 1.29 is 4.74 Å². The second-order valence-corrected chi connectivity index (χ2v) is 9.00. The van der Waals surface area contributed by atoms with Crippen LogP contribution >= 0.6 is 35.7 Å². The highest BCUT2D eigenvalue weighted by molar-refractivity contribution is 14.0. The van der Waals surface area contributed by atoms with Gasteiger partial charge in [0.1, 0.15) is 12.4 Å². The first-order chi connectivity index (χ1) is 13.7. The van der Waals surface area contributed by atoms with Crippen molar-refractivity contribution in [1.82, 2.24) is 25.4 Å². The van der Waals surface area contributed by atoms with E-state index in [2.05, 4.69) is 56.0 Å². The highest BCUT2D eigenvalue weighted by atomic mass is 127. The van der Waals surface area contributed by atoms with Crippen LogP contribution in [-0.2, 0) is 24.3 Å². The summed E-state index contributed by atoms with van der Waals surface area (Å²) in [6.07, 6.45) is 4.42. The van der Waals surface area contributed by atoms with E-state index in [9.17, 15) is 0 Å². The topological polar surface area (TPSA) is 76.4 Å². The molecule has 2 heterocycles. The number of halogens is 1. The van der Waals surface area contributed by atoms with Crippen molar-refractivity contribution in [3.8, 4) is 0 Å². The molecule has 0 spiro atoms. The summed E-state index contributed by atoms with van der Waals surface area (Å²) in [6.45, 7) is 2.19. The van der Waals surface area contributed by atoms with E-state index < -0.39 is 0 Å². The van der Waals surface area contributed by atoms with Crippen LogP contribution in [0.25, 0.3) is 0 Å². The minimum Gasteiger partial charge on any atom is -0.377 e. The number of thioether (sulfide) groups is 1. The number of hydrogen-bond acceptors (Lipinski definition) is 5. The lowest BCUT2D eigenvalue weighted by atomic mass is 10.1. The van der Waals surface area contributed by atoms with Crippen molar-refractivity contribution >= 4 is 41.7 Å². The molecule has 1 aliphatic carbocycles. The summed E-state index contributed by atoms with van der Waals surface area (Å²) in [5, 5.41) is 11.6. The molecule has 7 nitrogen and oxygen atoms in total. The SMILES string of the molecule is CN=C(NCC1(Sc2ccccc2)CC1)NC1CCc2nc(COC)nn2C1.I. The zero-order valence-electron chi connectivity index (χ0n) is 16.9. The second-order valence-electron chi connectivity index (χ2n) is 7.46. The fourth-order valence-corrected chi connectivity index (χ4v) is 4.74. The highest BCUT2D eigenvalue weighted by Crippen LogP contribution is 2.51. The van der Waals surface area contributed by atoms with Gasteiger partial charge in [0.2, 0.25) is 0 Å². The van der Waals surface area contributed by atoms with Gasteiger partial charge in [0.25, 0.3) is 0 Å². The van der Waals surface area contributed by atoms with Gasteiger partial charge in [-0.15, -0.1) is 35.7 Å². The monoisotopic (exact) mass is 528 g/mol. The largest absolute Gasteiger partial charge is 0.377 e. The number of fused-ring (bicyclic) bond motifs is 1. The van der Waals surface area contributed by atoms with E-state index in [4.69, 9.17) is 4.74 Å². The molecule has 1 saturated carbocycles. The van der Waals surface area contributed by atoms with E-state index in [1.54, 1.807) is 7.11 Å². The third kappa shape index (κ3) is 5.85. The first-order valence-corrected chi connectivity index (χ1v) is 10.6. The summed E-state index contributed by atoms with van der Waals surface area (Å²) in [7, 11) is 3.50. The maximum absolute atomic E-state index is 5.14. The molecule has 1 aromatic carbocycles. The van der Waals surface area contributed by atoms with Gasteiger partial charge in [-0.1, -0.05) is 18.2 Å². The molecule has 1 unspecified atom stereocenters. The lowest BCUT2D eigenvalue weighted by molar-refractivity contribution is 0.177. The third-order valence-corrected chi connectivity index (χ3v) is 6.70. The number of methoxy groups -OCH3 is 1. The Hall–Kier alpha value is -1.33. The van der Waals surface area contributed by atoms with Gasteiger partial charge in [0.15, 0.2) is 11.8 Å². The van der Waals surface area contributed by atoms with Crippen LogP contribution in [0.2, 0.25) is 0 Å². The van der Waals surface area contributed by atoms with E-state index in [0.717, 1.165) is 43.5 Å². The smallest absolute Gasteiger partial charge is 0.191 e. The number of benzene rings is 1. The van der Waals surface area contributed by atoms with E-state index in [1.807, 2.05) is 23.5 Å². The van der Waals surface area contributed by atoms with Gasteiger partial charge >= 0.3 is 0 Å². The summed E-state index contributed by atoms with van der Waals surface area (Å²) in [5.41, 5.74) is 0. The van der Waals surface area contributed by atoms with Gasteiger partial charge in [-0.2, -0.15) is 5.10 Å². The number of hydrogen-bond donors (Lipinski definition) is 2. The molecule has 4 rings (SSSR count). The minimum atomic E-state index is 0. The average Bonchev–Trinajstić information content (AvgIpc) is 3.35. The number of nitrogens with zero attached hydrogens (tertiary/aromatic N) is 4. The van der Waals surface area contributed by atoms with E-state index in [1.165, 1.54) is 17.7 Å².